The normalized spacial score (nSPS) is 11.9. The predicted molar refractivity (Wildman–Crippen MR) is 119 cm³/mol. The van der Waals surface area contributed by atoms with Gasteiger partial charge in [-0.1, -0.05) is 17.9 Å². The number of hydrogen-bond donors (Lipinski definition) is 2. The highest BCUT2D eigenvalue weighted by Gasteiger charge is 2.23. The molecule has 0 aliphatic carbocycles. The molecular formula is C24H17N3O5. The van der Waals surface area contributed by atoms with Gasteiger partial charge >= 0.3 is 5.97 Å². The van der Waals surface area contributed by atoms with Crippen LogP contribution in [0.4, 0.5) is 11.4 Å². The second kappa shape index (κ2) is 7.84. The number of fused-ring (bicyclic) bond motifs is 1. The molecule has 4 rings (SSSR count). The standard InChI is InChI=1S/C24H17N3O5/c1-14-17(12-13-20-26(3)18-6-4-5-7-19(18)32-20)22(28)27(23(29)21(14)25-2)16-10-8-15(9-11-16)24(30)31/h4-12,29H,1,3H3,(H,30,31). The summed E-state index contributed by atoms with van der Waals surface area (Å²) in [7, 11) is 1.80. The van der Waals surface area contributed by atoms with Crippen molar-refractivity contribution >= 4 is 23.4 Å². The summed E-state index contributed by atoms with van der Waals surface area (Å²) in [6, 6.07) is 12.9. The van der Waals surface area contributed by atoms with Gasteiger partial charge in [0, 0.05) is 12.6 Å². The van der Waals surface area contributed by atoms with Gasteiger partial charge < -0.3 is 19.8 Å². The third-order valence-electron chi connectivity index (χ3n) is 5.18. The molecule has 0 spiro atoms. The molecule has 0 saturated heterocycles. The summed E-state index contributed by atoms with van der Waals surface area (Å²) in [4.78, 5) is 29.5. The van der Waals surface area contributed by atoms with Crippen molar-refractivity contribution in [1.82, 2.24) is 4.57 Å². The minimum Gasteiger partial charge on any atom is -0.502 e. The van der Waals surface area contributed by atoms with Crippen molar-refractivity contribution in [1.29, 1.82) is 0 Å². The maximum Gasteiger partial charge on any atom is 0.335 e. The molecular weight excluding hydrogens is 410 g/mol. The van der Waals surface area contributed by atoms with Crippen molar-refractivity contribution < 1.29 is 19.7 Å². The van der Waals surface area contributed by atoms with Crippen LogP contribution in [0.25, 0.3) is 16.6 Å². The molecule has 1 aromatic heterocycles. The van der Waals surface area contributed by atoms with E-state index in [-0.39, 0.29) is 22.5 Å². The molecule has 8 nitrogen and oxygen atoms in total. The number of pyridine rings is 1. The first-order chi connectivity index (χ1) is 15.3. The van der Waals surface area contributed by atoms with Crippen LogP contribution in [0.3, 0.4) is 0 Å². The number of nitrogens with zero attached hydrogens (tertiary/aromatic N) is 3. The van der Waals surface area contributed by atoms with Crippen molar-refractivity contribution in [2.45, 2.75) is 6.92 Å². The van der Waals surface area contributed by atoms with E-state index < -0.39 is 17.4 Å². The predicted octanol–water partition coefficient (Wildman–Crippen LogP) is 4.08. The van der Waals surface area contributed by atoms with Crippen LogP contribution in [0.2, 0.25) is 0 Å². The number of ether oxygens (including phenoxy) is 1. The van der Waals surface area contributed by atoms with E-state index >= 15 is 0 Å². The highest BCUT2D eigenvalue weighted by molar-refractivity contribution is 5.87. The SMILES string of the molecule is [C-]#[N+]c1c(C)c(C=C=C2Oc3ccccc3N2C)c(=O)n(-c2ccc(C(=O)O)cc2)c1O. The Kier molecular flexibility index (Phi) is 5.03. The molecule has 0 radical (unpaired) electrons. The second-order valence-electron chi connectivity index (χ2n) is 7.04. The molecule has 2 aromatic carbocycles. The first-order valence-corrected chi connectivity index (χ1v) is 9.50. The smallest absolute Gasteiger partial charge is 0.335 e. The lowest BCUT2D eigenvalue weighted by Gasteiger charge is -2.14. The summed E-state index contributed by atoms with van der Waals surface area (Å²) in [5, 5.41) is 19.7. The third-order valence-corrected chi connectivity index (χ3v) is 5.18. The minimum absolute atomic E-state index is 0.0321. The van der Waals surface area contributed by atoms with Crippen LogP contribution in [0.15, 0.2) is 64.9 Å². The van der Waals surface area contributed by atoms with Crippen molar-refractivity contribution in [2.24, 2.45) is 0 Å². The van der Waals surface area contributed by atoms with Crippen LogP contribution in [0.1, 0.15) is 21.5 Å². The molecule has 0 unspecified atom stereocenters. The monoisotopic (exact) mass is 427 g/mol. The first-order valence-electron chi connectivity index (χ1n) is 9.50. The Balaban J connectivity index is 1.88. The molecule has 0 fully saturated rings. The summed E-state index contributed by atoms with van der Waals surface area (Å²) in [5.74, 6) is -0.598. The number of benzene rings is 2. The zero-order valence-corrected chi connectivity index (χ0v) is 17.2. The number of rotatable bonds is 3. The zero-order chi connectivity index (χ0) is 23.0. The van der Waals surface area contributed by atoms with E-state index in [4.69, 9.17) is 16.4 Å². The van der Waals surface area contributed by atoms with Crippen LogP contribution in [-0.4, -0.2) is 27.8 Å². The van der Waals surface area contributed by atoms with Gasteiger partial charge in [-0.25, -0.2) is 9.64 Å². The van der Waals surface area contributed by atoms with Gasteiger partial charge in [-0.3, -0.25) is 9.36 Å². The number of anilines is 1. The second-order valence-corrected chi connectivity index (χ2v) is 7.04. The van der Waals surface area contributed by atoms with Crippen LogP contribution in [0.5, 0.6) is 11.6 Å². The maximum atomic E-state index is 13.3. The van der Waals surface area contributed by atoms with E-state index in [1.165, 1.54) is 30.3 Å². The number of carboxylic acids is 1. The van der Waals surface area contributed by atoms with Gasteiger partial charge in [0.1, 0.15) is 0 Å². The average Bonchev–Trinajstić information content (AvgIpc) is 3.10. The van der Waals surface area contributed by atoms with Gasteiger partial charge in [0.15, 0.2) is 5.75 Å². The van der Waals surface area contributed by atoms with Crippen molar-refractivity contribution in [3.63, 3.8) is 0 Å². The molecule has 2 N–H and O–H groups in total. The average molecular weight is 427 g/mol. The Morgan fingerprint density at radius 2 is 1.88 bits per heavy atom. The molecule has 1 aliphatic heterocycles. The summed E-state index contributed by atoms with van der Waals surface area (Å²) < 4.78 is 6.75. The first kappa shape index (κ1) is 20.5. The lowest BCUT2D eigenvalue weighted by atomic mass is 10.1. The van der Waals surface area contributed by atoms with Crippen LogP contribution in [0, 0.1) is 13.5 Å². The largest absolute Gasteiger partial charge is 0.502 e. The van der Waals surface area contributed by atoms with E-state index in [0.29, 0.717) is 17.2 Å². The molecule has 0 amide bonds. The van der Waals surface area contributed by atoms with Gasteiger partial charge in [0.2, 0.25) is 17.5 Å². The van der Waals surface area contributed by atoms with Crippen LogP contribution < -0.4 is 15.2 Å². The maximum absolute atomic E-state index is 13.3. The van der Waals surface area contributed by atoms with Gasteiger partial charge in [0.05, 0.1) is 23.5 Å². The molecule has 32 heavy (non-hydrogen) atoms. The quantitative estimate of drug-likeness (QED) is 0.483. The molecule has 0 bridgehead atoms. The molecule has 8 heteroatoms. The zero-order valence-electron chi connectivity index (χ0n) is 17.2. The van der Waals surface area contributed by atoms with Crippen molar-refractivity contribution in [3.05, 3.63) is 98.6 Å². The number of para-hydroxylation sites is 2. The van der Waals surface area contributed by atoms with E-state index in [1.54, 1.807) is 18.9 Å². The van der Waals surface area contributed by atoms with Gasteiger partial charge in [-0.2, -0.15) is 0 Å². The van der Waals surface area contributed by atoms with Gasteiger partial charge in [0.25, 0.3) is 5.56 Å². The number of hydrogen-bond acceptors (Lipinski definition) is 5. The lowest BCUT2D eigenvalue weighted by Crippen LogP contribution is -2.22. The Labute approximate surface area is 183 Å². The number of aromatic carboxylic acids is 1. The number of aromatic nitrogens is 1. The Morgan fingerprint density at radius 1 is 1.19 bits per heavy atom. The summed E-state index contributed by atoms with van der Waals surface area (Å²) >= 11 is 0. The topological polar surface area (TPSA) is 96.4 Å². The fourth-order valence-electron chi connectivity index (χ4n) is 3.44. The van der Waals surface area contributed by atoms with E-state index in [0.717, 1.165) is 10.3 Å². The summed E-state index contributed by atoms with van der Waals surface area (Å²) in [6.45, 7) is 9.03. The lowest BCUT2D eigenvalue weighted by molar-refractivity contribution is 0.0697. The molecule has 1 aliphatic rings. The number of carbonyl (C=O) groups is 1. The van der Waals surface area contributed by atoms with Gasteiger partial charge in [-0.05, 0) is 55.0 Å². The number of carboxylic acid groups (broad SMARTS) is 1. The summed E-state index contributed by atoms with van der Waals surface area (Å²) in [5.41, 5.74) is 3.86. The molecule has 158 valence electrons. The Bertz CT molecular complexity index is 1420. The van der Waals surface area contributed by atoms with Crippen molar-refractivity contribution in [3.8, 4) is 17.3 Å². The Morgan fingerprint density at radius 3 is 2.50 bits per heavy atom. The molecule has 0 saturated carbocycles. The molecule has 2 heterocycles. The summed E-state index contributed by atoms with van der Waals surface area (Å²) in [6.07, 6.45) is 1.42. The van der Waals surface area contributed by atoms with E-state index in [2.05, 4.69) is 10.6 Å². The molecule has 0 atom stereocenters. The highest BCUT2D eigenvalue weighted by atomic mass is 16.5. The van der Waals surface area contributed by atoms with Crippen molar-refractivity contribution in [2.75, 3.05) is 11.9 Å². The minimum atomic E-state index is -1.12. The van der Waals surface area contributed by atoms with Crippen LogP contribution >= 0.6 is 0 Å². The van der Waals surface area contributed by atoms with Crippen LogP contribution in [-0.2, 0) is 0 Å². The fraction of sp³-hybridized carbons (Fsp3) is 0.0833. The fourth-order valence-corrected chi connectivity index (χ4v) is 3.44. The number of aromatic hydroxyl groups is 1. The third kappa shape index (κ3) is 3.29. The molecule has 3 aromatic rings. The van der Waals surface area contributed by atoms with Gasteiger partial charge in [-0.15, -0.1) is 0 Å². The highest BCUT2D eigenvalue weighted by Crippen LogP contribution is 2.37. The Hall–Kier alpha value is -4.73. The van der Waals surface area contributed by atoms with E-state index in [1.807, 2.05) is 24.3 Å². The van der Waals surface area contributed by atoms with E-state index in [9.17, 15) is 14.7 Å².